The SMILES string of the molecule is CCOC(=O)CCC(=O)N1CCN(c2cc(Oc3ccccc3Cl)ncn2)CC1C. The molecular weight excluding hydrogens is 408 g/mol. The molecule has 1 aliphatic heterocycles. The van der Waals surface area contributed by atoms with Crippen molar-refractivity contribution in [3.05, 3.63) is 41.7 Å². The third-order valence-electron chi connectivity index (χ3n) is 4.80. The predicted molar refractivity (Wildman–Crippen MR) is 113 cm³/mol. The number of para-hydroxylation sites is 1. The standard InChI is InChI=1S/C21H25ClN4O4/c1-3-29-21(28)9-8-20(27)26-11-10-25(13-15(26)2)18-12-19(24-14-23-18)30-17-7-5-4-6-16(17)22/h4-7,12,14-15H,3,8-11,13H2,1-2H3. The molecule has 0 radical (unpaired) electrons. The molecule has 1 atom stereocenters. The monoisotopic (exact) mass is 432 g/mol. The lowest BCUT2D eigenvalue weighted by atomic mass is 10.1. The van der Waals surface area contributed by atoms with Crippen LogP contribution < -0.4 is 9.64 Å². The van der Waals surface area contributed by atoms with Crippen molar-refractivity contribution in [3.8, 4) is 11.6 Å². The Hall–Kier alpha value is -2.87. The highest BCUT2D eigenvalue weighted by Crippen LogP contribution is 2.29. The van der Waals surface area contributed by atoms with Gasteiger partial charge in [-0.25, -0.2) is 9.97 Å². The molecule has 160 valence electrons. The maximum absolute atomic E-state index is 12.5. The van der Waals surface area contributed by atoms with Crippen molar-refractivity contribution < 1.29 is 19.1 Å². The topological polar surface area (TPSA) is 84.9 Å². The van der Waals surface area contributed by atoms with Gasteiger partial charge in [0.1, 0.15) is 17.9 Å². The Balaban J connectivity index is 1.59. The Kier molecular flexibility index (Phi) is 7.46. The van der Waals surface area contributed by atoms with Crippen LogP contribution in [0.2, 0.25) is 5.02 Å². The average Bonchev–Trinajstić information content (AvgIpc) is 2.74. The van der Waals surface area contributed by atoms with Gasteiger partial charge in [-0.3, -0.25) is 9.59 Å². The van der Waals surface area contributed by atoms with Gasteiger partial charge in [-0.1, -0.05) is 23.7 Å². The van der Waals surface area contributed by atoms with Crippen molar-refractivity contribution in [2.24, 2.45) is 0 Å². The summed E-state index contributed by atoms with van der Waals surface area (Å²) in [6, 6.07) is 8.93. The van der Waals surface area contributed by atoms with E-state index in [-0.39, 0.29) is 30.8 Å². The second-order valence-electron chi connectivity index (χ2n) is 6.93. The van der Waals surface area contributed by atoms with E-state index < -0.39 is 0 Å². The quantitative estimate of drug-likeness (QED) is 0.620. The highest BCUT2D eigenvalue weighted by Gasteiger charge is 2.28. The summed E-state index contributed by atoms with van der Waals surface area (Å²) in [5, 5.41) is 0.501. The predicted octanol–water partition coefficient (Wildman–Crippen LogP) is 3.30. The summed E-state index contributed by atoms with van der Waals surface area (Å²) in [6.07, 6.45) is 1.71. The molecule has 0 aliphatic carbocycles. The van der Waals surface area contributed by atoms with E-state index in [9.17, 15) is 9.59 Å². The molecule has 1 aliphatic rings. The van der Waals surface area contributed by atoms with E-state index in [2.05, 4.69) is 14.9 Å². The Morgan fingerprint density at radius 3 is 2.73 bits per heavy atom. The Bertz CT molecular complexity index is 895. The molecular formula is C21H25ClN4O4. The van der Waals surface area contributed by atoms with Crippen molar-refractivity contribution in [2.45, 2.75) is 32.7 Å². The van der Waals surface area contributed by atoms with Crippen LogP contribution in [-0.2, 0) is 14.3 Å². The van der Waals surface area contributed by atoms with Gasteiger partial charge in [0.05, 0.1) is 18.1 Å². The molecule has 1 aromatic heterocycles. The number of hydrogen-bond donors (Lipinski definition) is 0. The first kappa shape index (κ1) is 21.8. The van der Waals surface area contributed by atoms with Crippen molar-refractivity contribution >= 4 is 29.3 Å². The normalized spacial score (nSPS) is 16.3. The lowest BCUT2D eigenvalue weighted by molar-refractivity contribution is -0.146. The lowest BCUT2D eigenvalue weighted by Gasteiger charge is -2.40. The number of halogens is 1. The van der Waals surface area contributed by atoms with Crippen molar-refractivity contribution in [1.29, 1.82) is 0 Å². The number of anilines is 1. The minimum atomic E-state index is -0.343. The Morgan fingerprint density at radius 1 is 1.20 bits per heavy atom. The minimum Gasteiger partial charge on any atom is -0.466 e. The fourth-order valence-corrected chi connectivity index (χ4v) is 3.50. The zero-order valence-corrected chi connectivity index (χ0v) is 17.8. The van der Waals surface area contributed by atoms with Crippen LogP contribution >= 0.6 is 11.6 Å². The largest absolute Gasteiger partial charge is 0.466 e. The number of ether oxygens (including phenoxy) is 2. The van der Waals surface area contributed by atoms with Gasteiger partial charge in [0.2, 0.25) is 11.8 Å². The van der Waals surface area contributed by atoms with Gasteiger partial charge in [0.15, 0.2) is 0 Å². The number of piperazine rings is 1. The number of aromatic nitrogens is 2. The summed E-state index contributed by atoms with van der Waals surface area (Å²) in [6.45, 7) is 5.85. The number of nitrogens with zero attached hydrogens (tertiary/aromatic N) is 4. The van der Waals surface area contributed by atoms with Crippen LogP contribution in [0.5, 0.6) is 11.6 Å². The molecule has 30 heavy (non-hydrogen) atoms. The Labute approximate surface area is 180 Å². The van der Waals surface area contributed by atoms with Gasteiger partial charge in [-0.2, -0.15) is 0 Å². The third kappa shape index (κ3) is 5.60. The van der Waals surface area contributed by atoms with Crippen LogP contribution in [0, 0.1) is 0 Å². The zero-order chi connectivity index (χ0) is 21.5. The molecule has 0 N–H and O–H groups in total. The van der Waals surface area contributed by atoms with Gasteiger partial charge in [0.25, 0.3) is 0 Å². The second kappa shape index (κ2) is 10.2. The zero-order valence-electron chi connectivity index (χ0n) is 17.1. The molecule has 2 heterocycles. The Morgan fingerprint density at radius 2 is 2.00 bits per heavy atom. The number of hydrogen-bond acceptors (Lipinski definition) is 7. The highest BCUT2D eigenvalue weighted by atomic mass is 35.5. The lowest BCUT2D eigenvalue weighted by Crippen LogP contribution is -2.54. The van der Waals surface area contributed by atoms with Crippen LogP contribution in [0.15, 0.2) is 36.7 Å². The molecule has 0 spiro atoms. The number of esters is 1. The maximum Gasteiger partial charge on any atom is 0.306 e. The molecule has 1 unspecified atom stereocenters. The van der Waals surface area contributed by atoms with E-state index in [1.54, 1.807) is 30.0 Å². The molecule has 2 aromatic rings. The number of benzene rings is 1. The smallest absolute Gasteiger partial charge is 0.306 e. The molecule has 0 bridgehead atoms. The molecule has 9 heteroatoms. The highest BCUT2D eigenvalue weighted by molar-refractivity contribution is 6.32. The van der Waals surface area contributed by atoms with Gasteiger partial charge >= 0.3 is 5.97 Å². The van der Waals surface area contributed by atoms with E-state index in [0.29, 0.717) is 42.9 Å². The molecule has 1 saturated heterocycles. The summed E-state index contributed by atoms with van der Waals surface area (Å²) in [5.41, 5.74) is 0. The first-order valence-electron chi connectivity index (χ1n) is 9.92. The molecule has 0 saturated carbocycles. The molecule has 1 aromatic carbocycles. The van der Waals surface area contributed by atoms with Crippen molar-refractivity contribution in [1.82, 2.24) is 14.9 Å². The number of rotatable bonds is 7. The van der Waals surface area contributed by atoms with E-state index in [4.69, 9.17) is 21.1 Å². The summed E-state index contributed by atoms with van der Waals surface area (Å²) < 4.78 is 10.7. The van der Waals surface area contributed by atoms with E-state index in [1.165, 1.54) is 6.33 Å². The summed E-state index contributed by atoms with van der Waals surface area (Å²) in [4.78, 5) is 36.4. The second-order valence-corrected chi connectivity index (χ2v) is 7.34. The number of carbonyl (C=O) groups excluding carboxylic acids is 2. The van der Waals surface area contributed by atoms with Crippen LogP contribution in [-0.4, -0.2) is 59.0 Å². The van der Waals surface area contributed by atoms with Gasteiger partial charge in [-0.05, 0) is 26.0 Å². The van der Waals surface area contributed by atoms with Gasteiger partial charge < -0.3 is 19.3 Å². The summed E-state index contributed by atoms with van der Waals surface area (Å²) in [5.74, 6) is 1.25. The molecule has 1 amide bonds. The summed E-state index contributed by atoms with van der Waals surface area (Å²) >= 11 is 6.14. The van der Waals surface area contributed by atoms with E-state index in [1.807, 2.05) is 19.1 Å². The minimum absolute atomic E-state index is 0.0173. The van der Waals surface area contributed by atoms with Crippen LogP contribution in [0.25, 0.3) is 0 Å². The maximum atomic E-state index is 12.5. The fourth-order valence-electron chi connectivity index (χ4n) is 3.32. The van der Waals surface area contributed by atoms with Crippen LogP contribution in [0.4, 0.5) is 5.82 Å². The van der Waals surface area contributed by atoms with E-state index >= 15 is 0 Å². The molecule has 3 rings (SSSR count). The van der Waals surface area contributed by atoms with Crippen LogP contribution in [0.1, 0.15) is 26.7 Å². The molecule has 8 nitrogen and oxygen atoms in total. The van der Waals surface area contributed by atoms with Gasteiger partial charge in [0, 0.05) is 38.2 Å². The van der Waals surface area contributed by atoms with E-state index in [0.717, 1.165) is 5.82 Å². The number of carbonyl (C=O) groups is 2. The average molecular weight is 433 g/mol. The summed E-state index contributed by atoms with van der Waals surface area (Å²) in [7, 11) is 0. The van der Waals surface area contributed by atoms with Crippen LogP contribution in [0.3, 0.4) is 0 Å². The van der Waals surface area contributed by atoms with Gasteiger partial charge in [-0.15, -0.1) is 0 Å². The molecule has 1 fully saturated rings. The van der Waals surface area contributed by atoms with Crippen molar-refractivity contribution in [3.63, 3.8) is 0 Å². The third-order valence-corrected chi connectivity index (χ3v) is 5.11. The first-order valence-corrected chi connectivity index (χ1v) is 10.3. The first-order chi connectivity index (χ1) is 14.5. The fraction of sp³-hybridized carbons (Fsp3) is 0.429. The number of amides is 1. The van der Waals surface area contributed by atoms with Crippen molar-refractivity contribution in [2.75, 3.05) is 31.1 Å².